The maximum absolute atomic E-state index is 12.1. The largest absolute Gasteiger partial charge is 0.393 e. The van der Waals surface area contributed by atoms with E-state index in [1.807, 2.05) is 0 Å². The first-order valence-electron chi connectivity index (χ1n) is 7.10. The molecule has 0 spiro atoms. The highest BCUT2D eigenvalue weighted by Gasteiger charge is 2.42. The Morgan fingerprint density at radius 2 is 1.88 bits per heavy atom. The zero-order valence-electron chi connectivity index (χ0n) is 11.4. The Kier molecular flexibility index (Phi) is 3.63. The fraction of sp³-hybridized carbons (Fsp3) is 0.933. The molecule has 0 aromatic heterocycles. The predicted octanol–water partition coefficient (Wildman–Crippen LogP) is 3.18. The minimum atomic E-state index is -0.220. The summed E-state index contributed by atoms with van der Waals surface area (Å²) in [4.78, 5) is 12.1. The van der Waals surface area contributed by atoms with Crippen LogP contribution in [0.2, 0.25) is 0 Å². The molecule has 17 heavy (non-hydrogen) atoms. The van der Waals surface area contributed by atoms with Crippen molar-refractivity contribution in [3.8, 4) is 0 Å². The number of hydrogen-bond donors (Lipinski definition) is 1. The van der Waals surface area contributed by atoms with Crippen LogP contribution in [0.25, 0.3) is 0 Å². The lowest BCUT2D eigenvalue weighted by Crippen LogP contribution is -2.38. The molecule has 0 aliphatic heterocycles. The zero-order valence-corrected chi connectivity index (χ0v) is 11.4. The fourth-order valence-electron chi connectivity index (χ4n) is 3.70. The first-order valence-corrected chi connectivity index (χ1v) is 7.10. The summed E-state index contributed by atoms with van der Waals surface area (Å²) in [5.74, 6) is 1.45. The monoisotopic (exact) mass is 238 g/mol. The summed E-state index contributed by atoms with van der Waals surface area (Å²) in [5.41, 5.74) is 0.294. The van der Waals surface area contributed by atoms with Crippen molar-refractivity contribution in [1.82, 2.24) is 0 Å². The van der Waals surface area contributed by atoms with E-state index in [2.05, 4.69) is 20.8 Å². The van der Waals surface area contributed by atoms with Crippen LogP contribution in [0.4, 0.5) is 0 Å². The van der Waals surface area contributed by atoms with Crippen molar-refractivity contribution in [1.29, 1.82) is 0 Å². The molecule has 0 aromatic carbocycles. The molecule has 2 aliphatic carbocycles. The highest BCUT2D eigenvalue weighted by Crippen LogP contribution is 2.44. The summed E-state index contributed by atoms with van der Waals surface area (Å²) < 4.78 is 0. The smallest absolute Gasteiger partial charge is 0.136 e. The molecule has 2 saturated carbocycles. The molecular formula is C15H26O2. The molecule has 2 nitrogen and oxygen atoms in total. The molecule has 2 rings (SSSR count). The molecule has 4 atom stereocenters. The van der Waals surface area contributed by atoms with E-state index in [-0.39, 0.29) is 17.9 Å². The van der Waals surface area contributed by atoms with Gasteiger partial charge >= 0.3 is 0 Å². The van der Waals surface area contributed by atoms with Crippen molar-refractivity contribution < 1.29 is 9.90 Å². The van der Waals surface area contributed by atoms with Gasteiger partial charge in [-0.3, -0.25) is 4.79 Å². The second-order valence-electron chi connectivity index (χ2n) is 7.07. The molecule has 4 unspecified atom stereocenters. The maximum atomic E-state index is 12.1. The van der Waals surface area contributed by atoms with E-state index in [9.17, 15) is 9.90 Å². The molecular weight excluding hydrogens is 212 g/mol. The first kappa shape index (κ1) is 13.1. The van der Waals surface area contributed by atoms with Gasteiger partial charge in [-0.25, -0.2) is 0 Å². The number of aliphatic hydroxyl groups excluding tert-OH is 1. The van der Waals surface area contributed by atoms with Gasteiger partial charge in [-0.1, -0.05) is 27.2 Å². The third-order valence-electron chi connectivity index (χ3n) is 4.96. The lowest BCUT2D eigenvalue weighted by Gasteiger charge is -2.39. The summed E-state index contributed by atoms with van der Waals surface area (Å²) >= 11 is 0. The third kappa shape index (κ3) is 2.73. The van der Waals surface area contributed by atoms with Gasteiger partial charge in [0, 0.05) is 12.3 Å². The summed E-state index contributed by atoms with van der Waals surface area (Å²) in [5, 5.41) is 10.00. The van der Waals surface area contributed by atoms with Gasteiger partial charge < -0.3 is 5.11 Å². The van der Waals surface area contributed by atoms with Crippen LogP contribution in [0.15, 0.2) is 0 Å². The zero-order chi connectivity index (χ0) is 12.6. The van der Waals surface area contributed by atoms with Gasteiger partial charge in [-0.15, -0.1) is 0 Å². The van der Waals surface area contributed by atoms with Crippen LogP contribution in [0, 0.1) is 23.2 Å². The number of ketones is 1. The number of aliphatic hydroxyl groups is 1. The van der Waals surface area contributed by atoms with Gasteiger partial charge in [0.2, 0.25) is 0 Å². The Morgan fingerprint density at radius 1 is 1.18 bits per heavy atom. The Bertz CT molecular complexity index is 290. The number of hydrogen-bond acceptors (Lipinski definition) is 2. The van der Waals surface area contributed by atoms with E-state index in [1.54, 1.807) is 0 Å². The average Bonchev–Trinajstić information content (AvgIpc) is 2.63. The van der Waals surface area contributed by atoms with Crippen LogP contribution in [-0.4, -0.2) is 17.0 Å². The minimum Gasteiger partial charge on any atom is -0.393 e. The molecule has 0 radical (unpaired) electrons. The highest BCUT2D eigenvalue weighted by atomic mass is 16.3. The van der Waals surface area contributed by atoms with Gasteiger partial charge in [0.15, 0.2) is 0 Å². The summed E-state index contributed by atoms with van der Waals surface area (Å²) in [7, 11) is 0. The molecule has 0 aromatic rings. The number of carbonyl (C=O) groups excluding carboxylic acids is 1. The second kappa shape index (κ2) is 4.72. The lowest BCUT2D eigenvalue weighted by molar-refractivity contribution is -0.130. The van der Waals surface area contributed by atoms with Crippen LogP contribution in [0.5, 0.6) is 0 Å². The minimum absolute atomic E-state index is 0.144. The van der Waals surface area contributed by atoms with E-state index < -0.39 is 0 Å². The highest BCUT2D eigenvalue weighted by molar-refractivity contribution is 5.82. The van der Waals surface area contributed by atoms with Gasteiger partial charge in [0.25, 0.3) is 0 Å². The fourth-order valence-corrected chi connectivity index (χ4v) is 3.70. The number of carbonyl (C=O) groups is 1. The van der Waals surface area contributed by atoms with Crippen LogP contribution >= 0.6 is 0 Å². The van der Waals surface area contributed by atoms with Crippen LogP contribution in [0.1, 0.15) is 59.3 Å². The number of rotatable bonds is 1. The number of Topliss-reactive ketones (excluding diaryl/α,β-unsaturated/α-hetero) is 1. The quantitative estimate of drug-likeness (QED) is 0.762. The molecule has 0 saturated heterocycles. The molecule has 0 bridgehead atoms. The normalized spacial score (nSPS) is 39.6. The van der Waals surface area contributed by atoms with E-state index in [1.165, 1.54) is 0 Å². The van der Waals surface area contributed by atoms with E-state index >= 15 is 0 Å². The topological polar surface area (TPSA) is 37.3 Å². The molecule has 2 fully saturated rings. The molecule has 0 heterocycles. The van der Waals surface area contributed by atoms with Crippen molar-refractivity contribution in [2.24, 2.45) is 23.2 Å². The van der Waals surface area contributed by atoms with Gasteiger partial charge in [-0.2, -0.15) is 0 Å². The van der Waals surface area contributed by atoms with Crippen molar-refractivity contribution in [3.05, 3.63) is 0 Å². The van der Waals surface area contributed by atoms with Crippen molar-refractivity contribution in [2.75, 3.05) is 0 Å². The molecule has 0 amide bonds. The Balaban J connectivity index is 2.07. The average molecular weight is 238 g/mol. The van der Waals surface area contributed by atoms with Crippen LogP contribution in [0.3, 0.4) is 0 Å². The Hall–Kier alpha value is -0.370. The van der Waals surface area contributed by atoms with Gasteiger partial charge in [-0.05, 0) is 42.9 Å². The van der Waals surface area contributed by atoms with Crippen molar-refractivity contribution in [2.45, 2.75) is 65.4 Å². The summed E-state index contributed by atoms with van der Waals surface area (Å²) in [6.45, 7) is 6.82. The van der Waals surface area contributed by atoms with Crippen LogP contribution in [-0.2, 0) is 4.79 Å². The summed E-state index contributed by atoms with van der Waals surface area (Å²) in [6, 6.07) is 0. The van der Waals surface area contributed by atoms with Crippen molar-refractivity contribution in [3.63, 3.8) is 0 Å². The van der Waals surface area contributed by atoms with Crippen molar-refractivity contribution >= 4 is 5.78 Å². The van der Waals surface area contributed by atoms with E-state index in [0.717, 1.165) is 38.5 Å². The SMILES string of the molecule is CC(C)(C)C1CCC(=O)C(C2CCCC2O)C1. The van der Waals surface area contributed by atoms with E-state index in [4.69, 9.17) is 0 Å². The predicted molar refractivity (Wildman–Crippen MR) is 68.6 cm³/mol. The summed E-state index contributed by atoms with van der Waals surface area (Å²) in [6.07, 6.45) is 5.60. The Labute approximate surface area is 105 Å². The molecule has 2 aliphatic rings. The maximum Gasteiger partial charge on any atom is 0.136 e. The standard InChI is InChI=1S/C15H26O2/c1-15(2,3)10-7-8-14(17)12(9-10)11-5-4-6-13(11)16/h10-13,16H,4-9H2,1-3H3. The molecule has 1 N–H and O–H groups in total. The van der Waals surface area contributed by atoms with Gasteiger partial charge in [0.05, 0.1) is 6.10 Å². The second-order valence-corrected chi connectivity index (χ2v) is 7.07. The van der Waals surface area contributed by atoms with E-state index in [0.29, 0.717) is 17.1 Å². The van der Waals surface area contributed by atoms with Gasteiger partial charge in [0.1, 0.15) is 5.78 Å². The molecule has 98 valence electrons. The van der Waals surface area contributed by atoms with Crippen LogP contribution < -0.4 is 0 Å². The first-order chi connectivity index (χ1) is 7.89. The lowest BCUT2D eigenvalue weighted by atomic mass is 9.65. The Morgan fingerprint density at radius 3 is 2.41 bits per heavy atom. The third-order valence-corrected chi connectivity index (χ3v) is 4.96. The molecule has 2 heteroatoms.